The summed E-state index contributed by atoms with van der Waals surface area (Å²) >= 11 is 1.53. The summed E-state index contributed by atoms with van der Waals surface area (Å²) in [5, 5.41) is 5.65. The number of aromatic nitrogens is 1. The molecule has 156 valence electrons. The van der Waals surface area contributed by atoms with Gasteiger partial charge in [-0.15, -0.1) is 36.2 Å². The second-order valence-corrected chi connectivity index (χ2v) is 7.76. The van der Waals surface area contributed by atoms with E-state index in [1.807, 2.05) is 37.5 Å². The van der Waals surface area contributed by atoms with Gasteiger partial charge in [-0.2, -0.15) is 0 Å². The van der Waals surface area contributed by atoms with Crippen LogP contribution in [-0.4, -0.2) is 41.8 Å². The van der Waals surface area contributed by atoms with E-state index in [4.69, 9.17) is 0 Å². The number of hydrogen-bond acceptors (Lipinski definition) is 4. The topological polar surface area (TPSA) is 57.6 Å². The molecule has 0 bridgehead atoms. The Bertz CT molecular complexity index is 805. The fraction of sp³-hybridized carbons (Fsp3) is 0.450. The molecule has 0 saturated heterocycles. The van der Waals surface area contributed by atoms with Crippen LogP contribution in [0.1, 0.15) is 53.0 Å². The number of halogens is 2. The lowest BCUT2D eigenvalue weighted by Gasteiger charge is -2.11. The Labute approximate surface area is 184 Å². The van der Waals surface area contributed by atoms with E-state index in [2.05, 4.69) is 48.2 Å². The number of rotatable bonds is 7. The highest BCUT2D eigenvalue weighted by Gasteiger charge is 2.13. The van der Waals surface area contributed by atoms with Crippen molar-refractivity contribution >= 4 is 54.1 Å². The normalized spacial score (nSPS) is 10.5. The van der Waals surface area contributed by atoms with Crippen molar-refractivity contribution in [3.05, 3.63) is 44.9 Å². The average molecular weight is 445 g/mol. The molecule has 0 unspecified atom stereocenters. The van der Waals surface area contributed by atoms with Crippen molar-refractivity contribution < 1.29 is 4.79 Å². The van der Waals surface area contributed by atoms with Crippen molar-refractivity contribution in [3.63, 3.8) is 0 Å². The van der Waals surface area contributed by atoms with Gasteiger partial charge in [-0.05, 0) is 57.4 Å². The Kier molecular flexibility index (Phi) is 11.3. The predicted molar refractivity (Wildman–Crippen MR) is 124 cm³/mol. The van der Waals surface area contributed by atoms with Crippen LogP contribution in [0.3, 0.4) is 0 Å². The second kappa shape index (κ2) is 12.0. The van der Waals surface area contributed by atoms with E-state index in [1.54, 1.807) is 0 Å². The first kappa shape index (κ1) is 26.4. The molecule has 0 aliphatic heterocycles. The van der Waals surface area contributed by atoms with Crippen LogP contribution in [0.5, 0.6) is 0 Å². The Balaban J connectivity index is 0.00000364. The smallest absolute Gasteiger partial charge is 0.270 e. The van der Waals surface area contributed by atoms with E-state index >= 15 is 0 Å². The molecular formula is C20H30Cl2N4OS. The molecule has 0 atom stereocenters. The van der Waals surface area contributed by atoms with Gasteiger partial charge in [0.25, 0.3) is 5.91 Å². The number of nitrogens with one attached hydrogen (secondary N) is 1. The maximum atomic E-state index is 12.1. The highest BCUT2D eigenvalue weighted by atomic mass is 35.5. The molecule has 2 rings (SSSR count). The molecule has 0 saturated carbocycles. The molecule has 0 aliphatic carbocycles. The molecule has 1 N–H and O–H groups in total. The Morgan fingerprint density at radius 3 is 2.57 bits per heavy atom. The maximum absolute atomic E-state index is 12.1. The van der Waals surface area contributed by atoms with Gasteiger partial charge in [-0.3, -0.25) is 4.79 Å². The van der Waals surface area contributed by atoms with Crippen molar-refractivity contribution in [3.8, 4) is 0 Å². The molecule has 1 aromatic heterocycles. The Hall–Kier alpha value is -1.63. The van der Waals surface area contributed by atoms with E-state index in [9.17, 15) is 4.79 Å². The fourth-order valence-corrected chi connectivity index (χ4v) is 3.23. The lowest BCUT2D eigenvalue weighted by atomic mass is 10.0. The zero-order chi connectivity index (χ0) is 19.3. The van der Waals surface area contributed by atoms with E-state index < -0.39 is 0 Å². The van der Waals surface area contributed by atoms with Crippen LogP contribution in [-0.2, 0) is 6.42 Å². The molecule has 0 spiro atoms. The lowest BCUT2D eigenvalue weighted by molar-refractivity contribution is 0.0938. The van der Waals surface area contributed by atoms with Crippen LogP contribution in [0.4, 0.5) is 5.69 Å². The molecule has 8 heteroatoms. The summed E-state index contributed by atoms with van der Waals surface area (Å²) < 4.78 is 0. The number of benzene rings is 1. The summed E-state index contributed by atoms with van der Waals surface area (Å²) in [6.07, 6.45) is 2.59. The van der Waals surface area contributed by atoms with Gasteiger partial charge in [0.1, 0.15) is 5.69 Å². The number of hydrogen-bond donors (Lipinski definition) is 1. The van der Waals surface area contributed by atoms with Crippen molar-refractivity contribution in [1.82, 2.24) is 15.2 Å². The van der Waals surface area contributed by atoms with Crippen molar-refractivity contribution in [2.24, 2.45) is 4.99 Å². The molecule has 1 amide bonds. The third-order valence-electron chi connectivity index (χ3n) is 4.09. The summed E-state index contributed by atoms with van der Waals surface area (Å²) in [6, 6.07) is 4.39. The van der Waals surface area contributed by atoms with Crippen molar-refractivity contribution in [1.29, 1.82) is 0 Å². The predicted octanol–water partition coefficient (Wildman–Crippen LogP) is 4.94. The standard InChI is InChI=1S/C20H28N4OS.2ClH/c1-7-24(6)12-21-17-9-14(4)16(8-15(17)5)10-19-23-18(11-26-19)20(25)22-13(2)3;;/h8-9,11-13H,7,10H2,1-6H3,(H,22,25);2*1H/b21-12+;;. The zero-order valence-corrected chi connectivity index (χ0v) is 19.7. The van der Waals surface area contributed by atoms with Gasteiger partial charge in [-0.25, -0.2) is 9.98 Å². The Morgan fingerprint density at radius 1 is 1.29 bits per heavy atom. The van der Waals surface area contributed by atoms with Crippen LogP contribution in [0, 0.1) is 13.8 Å². The quantitative estimate of drug-likeness (QED) is 0.485. The molecule has 0 fully saturated rings. The monoisotopic (exact) mass is 444 g/mol. The van der Waals surface area contributed by atoms with Crippen molar-refractivity contribution in [2.75, 3.05) is 13.6 Å². The molecule has 5 nitrogen and oxygen atoms in total. The largest absolute Gasteiger partial charge is 0.366 e. The number of nitrogens with zero attached hydrogens (tertiary/aromatic N) is 3. The lowest BCUT2D eigenvalue weighted by Crippen LogP contribution is -2.30. The molecule has 1 aromatic carbocycles. The number of aryl methyl sites for hydroxylation is 2. The maximum Gasteiger partial charge on any atom is 0.270 e. The first-order valence-corrected chi connectivity index (χ1v) is 9.78. The van der Waals surface area contributed by atoms with Gasteiger partial charge in [0.2, 0.25) is 0 Å². The second-order valence-electron chi connectivity index (χ2n) is 6.81. The van der Waals surface area contributed by atoms with Crippen LogP contribution in [0.2, 0.25) is 0 Å². The SMILES string of the molecule is CCN(C)/C=N/c1cc(C)c(Cc2nc(C(=O)NC(C)C)cs2)cc1C.Cl.Cl. The highest BCUT2D eigenvalue weighted by molar-refractivity contribution is 7.09. The summed E-state index contributed by atoms with van der Waals surface area (Å²) in [7, 11) is 2.01. The molecular weight excluding hydrogens is 415 g/mol. The summed E-state index contributed by atoms with van der Waals surface area (Å²) in [6.45, 7) is 11.1. The van der Waals surface area contributed by atoms with Gasteiger partial charge >= 0.3 is 0 Å². The van der Waals surface area contributed by atoms with Crippen LogP contribution >= 0.6 is 36.2 Å². The molecule has 28 heavy (non-hydrogen) atoms. The molecule has 1 heterocycles. The number of carbonyl (C=O) groups excluding carboxylic acids is 1. The van der Waals surface area contributed by atoms with Gasteiger partial charge in [0.15, 0.2) is 0 Å². The van der Waals surface area contributed by atoms with E-state index in [1.165, 1.54) is 22.5 Å². The first-order valence-electron chi connectivity index (χ1n) is 8.90. The third-order valence-corrected chi connectivity index (χ3v) is 4.94. The van der Waals surface area contributed by atoms with E-state index in [-0.39, 0.29) is 36.8 Å². The number of carbonyl (C=O) groups is 1. The minimum Gasteiger partial charge on any atom is -0.366 e. The fourth-order valence-electron chi connectivity index (χ4n) is 2.43. The van der Waals surface area contributed by atoms with E-state index in [0.717, 1.165) is 29.2 Å². The van der Waals surface area contributed by atoms with Gasteiger partial charge in [-0.1, -0.05) is 6.07 Å². The van der Waals surface area contributed by atoms with Crippen LogP contribution in [0.25, 0.3) is 0 Å². The first-order chi connectivity index (χ1) is 12.3. The van der Waals surface area contributed by atoms with Crippen LogP contribution in [0.15, 0.2) is 22.5 Å². The average Bonchev–Trinajstić information content (AvgIpc) is 3.04. The third kappa shape index (κ3) is 7.41. The zero-order valence-electron chi connectivity index (χ0n) is 17.3. The molecule has 0 aliphatic rings. The highest BCUT2D eigenvalue weighted by Crippen LogP contribution is 2.25. The van der Waals surface area contributed by atoms with Crippen molar-refractivity contribution in [2.45, 2.75) is 47.1 Å². The molecule has 0 radical (unpaired) electrons. The van der Waals surface area contributed by atoms with E-state index in [0.29, 0.717) is 5.69 Å². The molecule has 2 aromatic rings. The number of amides is 1. The minimum atomic E-state index is -0.111. The number of thiazole rings is 1. The van der Waals surface area contributed by atoms with Crippen LogP contribution < -0.4 is 5.32 Å². The minimum absolute atomic E-state index is 0. The summed E-state index contributed by atoms with van der Waals surface area (Å²) in [5.74, 6) is -0.111. The summed E-state index contributed by atoms with van der Waals surface area (Å²) in [4.78, 5) is 23.2. The van der Waals surface area contributed by atoms with Gasteiger partial charge in [0.05, 0.1) is 17.0 Å². The summed E-state index contributed by atoms with van der Waals surface area (Å²) in [5.41, 5.74) is 5.03. The van der Waals surface area contributed by atoms with Gasteiger partial charge in [0, 0.05) is 31.4 Å². The number of aliphatic imine (C=N–C) groups is 1. The Morgan fingerprint density at radius 2 is 1.96 bits per heavy atom. The van der Waals surface area contributed by atoms with Gasteiger partial charge < -0.3 is 10.2 Å².